The van der Waals surface area contributed by atoms with Gasteiger partial charge >= 0.3 is 6.03 Å². The van der Waals surface area contributed by atoms with E-state index in [1.54, 1.807) is 37.4 Å². The lowest BCUT2D eigenvalue weighted by Crippen LogP contribution is -2.48. The third-order valence-corrected chi connectivity index (χ3v) is 6.17. The van der Waals surface area contributed by atoms with Gasteiger partial charge in [0, 0.05) is 18.1 Å². The van der Waals surface area contributed by atoms with Gasteiger partial charge < -0.3 is 5.32 Å². The number of amides is 4. The number of aromatic nitrogens is 2. The van der Waals surface area contributed by atoms with E-state index in [1.165, 1.54) is 11.8 Å². The van der Waals surface area contributed by atoms with Crippen molar-refractivity contribution < 1.29 is 14.4 Å². The van der Waals surface area contributed by atoms with Crippen LogP contribution >= 0.6 is 11.8 Å². The minimum absolute atomic E-state index is 0.0130. The Labute approximate surface area is 190 Å². The molecule has 4 amide bonds. The van der Waals surface area contributed by atoms with Crippen molar-refractivity contribution in [1.82, 2.24) is 25.3 Å². The Morgan fingerprint density at radius 3 is 2.50 bits per heavy atom. The van der Waals surface area contributed by atoms with Crippen molar-refractivity contribution in [1.29, 1.82) is 0 Å². The SMILES string of the molecule is Cc1cc(C)cc(-n2ccnc2SCC(=O)NN2C(=O)NC(C)(c3ccccc3)C2=O)c1. The first kappa shape index (κ1) is 21.6. The number of hydrogen-bond acceptors (Lipinski definition) is 5. The first-order chi connectivity index (χ1) is 15.3. The summed E-state index contributed by atoms with van der Waals surface area (Å²) in [5.74, 6) is -1.03. The van der Waals surface area contributed by atoms with Gasteiger partial charge in [0.1, 0.15) is 5.54 Å². The minimum Gasteiger partial charge on any atom is -0.318 e. The van der Waals surface area contributed by atoms with Crippen molar-refractivity contribution in [3.8, 4) is 5.69 Å². The fraction of sp³-hybridized carbons (Fsp3) is 0.217. The van der Waals surface area contributed by atoms with E-state index in [-0.39, 0.29) is 5.75 Å². The molecule has 3 aromatic rings. The molecular weight excluding hydrogens is 426 g/mol. The lowest BCUT2D eigenvalue weighted by atomic mass is 9.92. The van der Waals surface area contributed by atoms with Gasteiger partial charge in [0.25, 0.3) is 5.91 Å². The molecule has 164 valence electrons. The topological polar surface area (TPSA) is 96.3 Å². The molecule has 1 unspecified atom stereocenters. The number of carbonyl (C=O) groups excluding carboxylic acids is 3. The van der Waals surface area contributed by atoms with Crippen molar-refractivity contribution in [3.05, 3.63) is 77.6 Å². The summed E-state index contributed by atoms with van der Waals surface area (Å²) in [6, 6.07) is 14.4. The number of carbonyl (C=O) groups is 3. The van der Waals surface area contributed by atoms with E-state index in [0.717, 1.165) is 21.8 Å². The van der Waals surface area contributed by atoms with E-state index >= 15 is 0 Å². The van der Waals surface area contributed by atoms with Gasteiger partial charge in [0.05, 0.1) is 5.75 Å². The van der Waals surface area contributed by atoms with E-state index in [0.29, 0.717) is 10.7 Å². The monoisotopic (exact) mass is 449 g/mol. The Hall–Kier alpha value is -3.59. The number of rotatable bonds is 6. The number of nitrogens with zero attached hydrogens (tertiary/aromatic N) is 3. The predicted molar refractivity (Wildman–Crippen MR) is 121 cm³/mol. The lowest BCUT2D eigenvalue weighted by Gasteiger charge is -2.22. The highest BCUT2D eigenvalue weighted by Crippen LogP contribution is 2.28. The number of aryl methyl sites for hydroxylation is 2. The third-order valence-electron chi connectivity index (χ3n) is 5.20. The second kappa shape index (κ2) is 8.51. The van der Waals surface area contributed by atoms with Gasteiger partial charge in [0.15, 0.2) is 5.16 Å². The molecule has 0 saturated carbocycles. The van der Waals surface area contributed by atoms with Gasteiger partial charge in [-0.05, 0) is 49.6 Å². The molecule has 8 nitrogen and oxygen atoms in total. The van der Waals surface area contributed by atoms with Crippen LogP contribution in [0.3, 0.4) is 0 Å². The van der Waals surface area contributed by atoms with Crippen molar-refractivity contribution in [2.75, 3.05) is 5.75 Å². The number of nitrogens with one attached hydrogen (secondary N) is 2. The summed E-state index contributed by atoms with van der Waals surface area (Å²) in [5, 5.41) is 4.04. The van der Waals surface area contributed by atoms with E-state index in [2.05, 4.69) is 21.8 Å². The summed E-state index contributed by atoms with van der Waals surface area (Å²) < 4.78 is 1.90. The number of urea groups is 1. The normalized spacial score (nSPS) is 18.0. The molecule has 1 aliphatic heterocycles. The molecule has 4 rings (SSSR count). The summed E-state index contributed by atoms with van der Waals surface area (Å²) in [6.07, 6.45) is 3.50. The van der Waals surface area contributed by atoms with E-state index < -0.39 is 23.4 Å². The number of imidazole rings is 1. The van der Waals surface area contributed by atoms with Crippen LogP contribution in [0.15, 0.2) is 66.1 Å². The largest absolute Gasteiger partial charge is 0.344 e. The summed E-state index contributed by atoms with van der Waals surface area (Å²) in [4.78, 5) is 42.2. The molecule has 2 aromatic carbocycles. The summed E-state index contributed by atoms with van der Waals surface area (Å²) >= 11 is 1.22. The first-order valence-corrected chi connectivity index (χ1v) is 11.0. The lowest BCUT2D eigenvalue weighted by molar-refractivity contribution is -0.138. The molecule has 0 aliphatic carbocycles. The highest BCUT2D eigenvalue weighted by Gasteiger charge is 2.49. The van der Waals surface area contributed by atoms with Gasteiger partial charge in [-0.1, -0.05) is 48.2 Å². The molecule has 1 fully saturated rings. The minimum atomic E-state index is -1.24. The van der Waals surface area contributed by atoms with Gasteiger partial charge in [-0.3, -0.25) is 19.6 Å². The van der Waals surface area contributed by atoms with Crippen LogP contribution in [0.5, 0.6) is 0 Å². The van der Waals surface area contributed by atoms with Crippen molar-refractivity contribution in [2.24, 2.45) is 0 Å². The Morgan fingerprint density at radius 2 is 1.81 bits per heavy atom. The molecular formula is C23H23N5O3S. The van der Waals surface area contributed by atoms with Crippen molar-refractivity contribution in [3.63, 3.8) is 0 Å². The molecule has 0 spiro atoms. The summed E-state index contributed by atoms with van der Waals surface area (Å²) in [7, 11) is 0. The van der Waals surface area contributed by atoms with Crippen LogP contribution < -0.4 is 10.7 Å². The Bertz CT molecular complexity index is 1170. The van der Waals surface area contributed by atoms with E-state index in [9.17, 15) is 14.4 Å². The van der Waals surface area contributed by atoms with Crippen LogP contribution in [-0.4, -0.2) is 38.2 Å². The number of hydrazine groups is 1. The smallest absolute Gasteiger partial charge is 0.318 e. The van der Waals surface area contributed by atoms with Crippen LogP contribution in [0.25, 0.3) is 5.69 Å². The summed E-state index contributed by atoms with van der Waals surface area (Å²) in [5.41, 5.74) is 5.03. The quantitative estimate of drug-likeness (QED) is 0.445. The van der Waals surface area contributed by atoms with Crippen molar-refractivity contribution >= 4 is 29.6 Å². The molecule has 0 radical (unpaired) electrons. The number of hydrogen-bond donors (Lipinski definition) is 2. The Balaban J connectivity index is 1.43. The first-order valence-electron chi connectivity index (χ1n) is 10.0. The molecule has 1 saturated heterocycles. The average molecular weight is 450 g/mol. The number of imide groups is 1. The standard InChI is InChI=1S/C23H23N5O3S/c1-15-11-16(2)13-18(12-15)27-10-9-24-22(27)32-14-19(29)26-28-20(30)23(3,25-21(28)31)17-7-5-4-6-8-17/h4-13H,14H2,1-3H3,(H,25,31)(H,26,29). The maximum absolute atomic E-state index is 12.9. The van der Waals surface area contributed by atoms with Crippen LogP contribution in [0.1, 0.15) is 23.6 Å². The van der Waals surface area contributed by atoms with Crippen molar-refractivity contribution in [2.45, 2.75) is 31.5 Å². The predicted octanol–water partition coefficient (Wildman–Crippen LogP) is 3.08. The second-order valence-corrected chi connectivity index (χ2v) is 8.75. The third kappa shape index (κ3) is 4.11. The molecule has 2 N–H and O–H groups in total. The van der Waals surface area contributed by atoms with Crippen LogP contribution in [0.4, 0.5) is 4.79 Å². The molecule has 2 heterocycles. The number of thioether (sulfide) groups is 1. The maximum Gasteiger partial charge on any atom is 0.344 e. The van der Waals surface area contributed by atoms with Gasteiger partial charge in [-0.15, -0.1) is 0 Å². The zero-order valence-electron chi connectivity index (χ0n) is 18.0. The maximum atomic E-state index is 12.9. The zero-order chi connectivity index (χ0) is 22.9. The zero-order valence-corrected chi connectivity index (χ0v) is 18.8. The molecule has 1 aromatic heterocycles. The van der Waals surface area contributed by atoms with E-state index in [4.69, 9.17) is 0 Å². The average Bonchev–Trinajstić information content (AvgIpc) is 3.31. The molecule has 1 atom stereocenters. The summed E-state index contributed by atoms with van der Waals surface area (Å²) in [6.45, 7) is 5.66. The Kier molecular flexibility index (Phi) is 5.75. The highest BCUT2D eigenvalue weighted by atomic mass is 32.2. The second-order valence-electron chi connectivity index (χ2n) is 7.81. The van der Waals surface area contributed by atoms with Crippen LogP contribution in [0, 0.1) is 13.8 Å². The van der Waals surface area contributed by atoms with Gasteiger partial charge in [0.2, 0.25) is 5.91 Å². The fourth-order valence-corrected chi connectivity index (χ4v) is 4.44. The van der Waals surface area contributed by atoms with Crippen LogP contribution in [-0.2, 0) is 15.1 Å². The van der Waals surface area contributed by atoms with Crippen LogP contribution in [0.2, 0.25) is 0 Å². The highest BCUT2D eigenvalue weighted by molar-refractivity contribution is 7.99. The van der Waals surface area contributed by atoms with E-state index in [1.807, 2.05) is 42.8 Å². The fourth-order valence-electron chi connectivity index (χ4n) is 3.68. The molecule has 9 heteroatoms. The van der Waals surface area contributed by atoms with Gasteiger partial charge in [-0.25, -0.2) is 9.78 Å². The molecule has 0 bridgehead atoms. The Morgan fingerprint density at radius 1 is 1.12 bits per heavy atom. The van der Waals surface area contributed by atoms with Gasteiger partial charge in [-0.2, -0.15) is 5.01 Å². The molecule has 32 heavy (non-hydrogen) atoms. The molecule has 1 aliphatic rings. The number of benzene rings is 2.